The van der Waals surface area contributed by atoms with Gasteiger partial charge in [-0.1, -0.05) is 0 Å². The molecular formula is C26H30F3N7O3. The van der Waals surface area contributed by atoms with Gasteiger partial charge in [0, 0.05) is 44.3 Å². The minimum atomic E-state index is -4.52. The molecule has 13 heteroatoms. The van der Waals surface area contributed by atoms with Crippen molar-refractivity contribution in [1.82, 2.24) is 24.7 Å². The highest BCUT2D eigenvalue weighted by Crippen LogP contribution is 2.43. The lowest BCUT2D eigenvalue weighted by molar-refractivity contribution is -0.141. The predicted octanol–water partition coefficient (Wildman–Crippen LogP) is 4.36. The smallest absolute Gasteiger partial charge is 0.433 e. The second kappa shape index (κ2) is 9.92. The van der Waals surface area contributed by atoms with Crippen molar-refractivity contribution in [1.29, 1.82) is 0 Å². The highest BCUT2D eigenvalue weighted by atomic mass is 19.4. The third-order valence-electron chi connectivity index (χ3n) is 7.89. The van der Waals surface area contributed by atoms with Crippen LogP contribution in [0.25, 0.3) is 11.0 Å². The van der Waals surface area contributed by atoms with Gasteiger partial charge in [-0.15, -0.1) is 5.10 Å². The van der Waals surface area contributed by atoms with Crippen molar-refractivity contribution in [2.75, 3.05) is 42.6 Å². The van der Waals surface area contributed by atoms with Gasteiger partial charge in [-0.3, -0.25) is 4.79 Å². The summed E-state index contributed by atoms with van der Waals surface area (Å²) in [6.45, 7) is 4.83. The zero-order chi connectivity index (χ0) is 27.2. The minimum absolute atomic E-state index is 0.0949. The normalized spacial score (nSPS) is 21.7. The summed E-state index contributed by atoms with van der Waals surface area (Å²) in [7, 11) is 0. The van der Waals surface area contributed by atoms with Crippen molar-refractivity contribution in [2.45, 2.75) is 57.9 Å². The number of hydrogen-bond donors (Lipinski definition) is 0. The monoisotopic (exact) mass is 545 g/mol. The number of halogens is 3. The Hall–Kier alpha value is -3.48. The van der Waals surface area contributed by atoms with Crippen LogP contribution in [0.3, 0.4) is 0 Å². The molecule has 3 aliphatic heterocycles. The molecule has 3 saturated heterocycles. The number of amides is 1. The van der Waals surface area contributed by atoms with E-state index in [9.17, 15) is 18.0 Å². The summed E-state index contributed by atoms with van der Waals surface area (Å²) in [4.78, 5) is 29.6. The van der Waals surface area contributed by atoms with Crippen LogP contribution in [0, 0.1) is 5.41 Å². The molecule has 0 saturated carbocycles. The summed E-state index contributed by atoms with van der Waals surface area (Å²) in [6.07, 6.45) is 2.93. The number of fused-ring (bicyclic) bond motifs is 1. The van der Waals surface area contributed by atoms with Gasteiger partial charge in [0.25, 0.3) is 0 Å². The van der Waals surface area contributed by atoms with Crippen LogP contribution in [0.15, 0.2) is 24.5 Å². The summed E-state index contributed by atoms with van der Waals surface area (Å²) in [5.74, 6) is 0.987. The molecule has 0 aromatic carbocycles. The van der Waals surface area contributed by atoms with E-state index in [-0.39, 0.29) is 17.6 Å². The Balaban J connectivity index is 1.18. The number of ether oxygens (including phenoxy) is 2. The Morgan fingerprint density at radius 1 is 1.15 bits per heavy atom. The van der Waals surface area contributed by atoms with Crippen LogP contribution in [-0.4, -0.2) is 63.5 Å². The number of aromatic nitrogens is 5. The number of carbonyl (C=O) groups is 1. The molecule has 6 rings (SSSR count). The lowest BCUT2D eigenvalue weighted by Gasteiger charge is -2.38. The zero-order valence-electron chi connectivity index (χ0n) is 21.7. The van der Waals surface area contributed by atoms with E-state index in [1.165, 1.54) is 6.07 Å². The predicted molar refractivity (Wildman–Crippen MR) is 135 cm³/mol. The molecule has 3 aromatic rings. The molecule has 0 bridgehead atoms. The van der Waals surface area contributed by atoms with E-state index < -0.39 is 11.9 Å². The number of pyridine rings is 1. The number of piperidine rings is 1. The van der Waals surface area contributed by atoms with E-state index in [4.69, 9.17) is 14.5 Å². The van der Waals surface area contributed by atoms with E-state index in [1.54, 1.807) is 11.1 Å². The standard InChI is InChI=1S/C26H30F3N7O3/c1-2-38-23-18-15-31-24(32-22(18)36(33-23)21-5-3-4-12-39-21)34-10-8-25(9-11-34)13-20(37)35(16-25)17-6-7-19(30-14-17)26(27,28)29/h6-7,14-15,21H,2-5,8-13,16H2,1H3. The van der Waals surface area contributed by atoms with Gasteiger partial charge >= 0.3 is 6.18 Å². The summed E-state index contributed by atoms with van der Waals surface area (Å²) in [5.41, 5.74) is -0.153. The topological polar surface area (TPSA) is 98.5 Å². The van der Waals surface area contributed by atoms with Crippen molar-refractivity contribution >= 4 is 28.6 Å². The first kappa shape index (κ1) is 25.8. The Bertz CT molecular complexity index is 1350. The van der Waals surface area contributed by atoms with Gasteiger partial charge in [-0.05, 0) is 51.2 Å². The van der Waals surface area contributed by atoms with Crippen LogP contribution in [0.1, 0.15) is 57.4 Å². The van der Waals surface area contributed by atoms with E-state index in [0.717, 1.165) is 49.8 Å². The number of rotatable bonds is 5. The highest BCUT2D eigenvalue weighted by molar-refractivity contribution is 5.96. The molecule has 1 unspecified atom stereocenters. The second-order valence-electron chi connectivity index (χ2n) is 10.5. The van der Waals surface area contributed by atoms with Crippen LogP contribution >= 0.6 is 0 Å². The summed E-state index contributed by atoms with van der Waals surface area (Å²) >= 11 is 0. The number of carbonyl (C=O) groups excluding carboxylic acids is 1. The molecule has 208 valence electrons. The number of alkyl halides is 3. The van der Waals surface area contributed by atoms with Gasteiger partial charge in [-0.2, -0.15) is 18.2 Å². The van der Waals surface area contributed by atoms with Gasteiger partial charge in [0.2, 0.25) is 17.7 Å². The molecule has 3 aromatic heterocycles. The van der Waals surface area contributed by atoms with Crippen molar-refractivity contribution in [3.05, 3.63) is 30.2 Å². The van der Waals surface area contributed by atoms with Gasteiger partial charge < -0.3 is 19.3 Å². The van der Waals surface area contributed by atoms with E-state index in [2.05, 4.69) is 20.0 Å². The molecule has 6 heterocycles. The van der Waals surface area contributed by atoms with Crippen LogP contribution < -0.4 is 14.5 Å². The lowest BCUT2D eigenvalue weighted by atomic mass is 9.77. The molecule has 10 nitrogen and oxygen atoms in total. The van der Waals surface area contributed by atoms with Crippen molar-refractivity contribution in [3.8, 4) is 5.88 Å². The third kappa shape index (κ3) is 4.88. The number of hydrogen-bond acceptors (Lipinski definition) is 8. The molecule has 3 fully saturated rings. The Labute approximate surface area is 223 Å². The maximum absolute atomic E-state index is 12.9. The fraction of sp³-hybridized carbons (Fsp3) is 0.577. The molecule has 0 aliphatic carbocycles. The minimum Gasteiger partial charge on any atom is -0.476 e. The molecule has 39 heavy (non-hydrogen) atoms. The summed E-state index contributed by atoms with van der Waals surface area (Å²) in [6, 6.07) is 2.24. The molecule has 3 aliphatic rings. The summed E-state index contributed by atoms with van der Waals surface area (Å²) in [5, 5.41) is 5.39. The van der Waals surface area contributed by atoms with Gasteiger partial charge in [0.15, 0.2) is 11.9 Å². The molecular weight excluding hydrogens is 515 g/mol. The van der Waals surface area contributed by atoms with Crippen LogP contribution in [0.5, 0.6) is 5.88 Å². The largest absolute Gasteiger partial charge is 0.476 e. The Morgan fingerprint density at radius 2 is 1.97 bits per heavy atom. The first-order chi connectivity index (χ1) is 18.8. The number of anilines is 2. The molecule has 1 spiro atoms. The molecule has 0 radical (unpaired) electrons. The summed E-state index contributed by atoms with van der Waals surface area (Å²) < 4.78 is 52.2. The maximum atomic E-state index is 12.9. The Kier molecular flexibility index (Phi) is 6.56. The van der Waals surface area contributed by atoms with Gasteiger partial charge in [-0.25, -0.2) is 14.6 Å². The highest BCUT2D eigenvalue weighted by Gasteiger charge is 2.46. The zero-order valence-corrected chi connectivity index (χ0v) is 21.7. The second-order valence-corrected chi connectivity index (χ2v) is 10.5. The number of nitrogens with zero attached hydrogens (tertiary/aromatic N) is 7. The van der Waals surface area contributed by atoms with Crippen LogP contribution in [0.4, 0.5) is 24.8 Å². The average Bonchev–Trinajstić information content (AvgIpc) is 3.46. The quantitative estimate of drug-likeness (QED) is 0.467. The third-order valence-corrected chi connectivity index (χ3v) is 7.89. The van der Waals surface area contributed by atoms with E-state index >= 15 is 0 Å². The average molecular weight is 546 g/mol. The van der Waals surface area contributed by atoms with Crippen molar-refractivity contribution in [2.24, 2.45) is 5.41 Å². The van der Waals surface area contributed by atoms with Crippen LogP contribution in [-0.2, 0) is 15.7 Å². The maximum Gasteiger partial charge on any atom is 0.433 e. The van der Waals surface area contributed by atoms with Gasteiger partial charge in [0.05, 0.1) is 18.5 Å². The fourth-order valence-electron chi connectivity index (χ4n) is 5.76. The SMILES string of the molecule is CCOc1nn(C2CCCCO2)c2nc(N3CCC4(CC3)CC(=O)N(c3ccc(C(F)(F)F)nc3)C4)ncc12. The first-order valence-corrected chi connectivity index (χ1v) is 13.3. The molecule has 0 N–H and O–H groups in total. The van der Waals surface area contributed by atoms with Crippen molar-refractivity contribution in [3.63, 3.8) is 0 Å². The molecule has 1 amide bonds. The van der Waals surface area contributed by atoms with E-state index in [0.29, 0.717) is 62.4 Å². The van der Waals surface area contributed by atoms with Crippen LogP contribution in [0.2, 0.25) is 0 Å². The first-order valence-electron chi connectivity index (χ1n) is 13.3. The van der Waals surface area contributed by atoms with Crippen molar-refractivity contribution < 1.29 is 27.4 Å². The van der Waals surface area contributed by atoms with E-state index in [1.807, 2.05) is 11.6 Å². The lowest BCUT2D eigenvalue weighted by Crippen LogP contribution is -2.42. The molecule has 1 atom stereocenters. The van der Waals surface area contributed by atoms with Gasteiger partial charge in [0.1, 0.15) is 11.1 Å². The Morgan fingerprint density at radius 3 is 2.64 bits per heavy atom. The fourth-order valence-corrected chi connectivity index (χ4v) is 5.76.